The number of carbonyl (C=O) groups is 2. The number of ether oxygens (including phenoxy) is 2. The SMILES string of the molecule is CC/C=C\C/C=C\C/C=C\C/C=C\CCCCCCCCCCCCC(=O)OC(COCCC/C=C\C/C=C\C/C=C\C/C=C\CC)COP(=O)(O)OCC(N)C(=O)O. The predicted octanol–water partition coefficient (Wildman–Crippen LogP) is 12.5. The van der Waals surface area contributed by atoms with Crippen LogP contribution < -0.4 is 5.73 Å². The summed E-state index contributed by atoms with van der Waals surface area (Å²) in [5, 5.41) is 8.90. The summed E-state index contributed by atoms with van der Waals surface area (Å²) in [6.45, 7) is 3.48. The molecule has 0 saturated carbocycles. The van der Waals surface area contributed by atoms with Crippen molar-refractivity contribution in [3.05, 3.63) is 97.2 Å². The second-order valence-corrected chi connectivity index (χ2v) is 15.9. The van der Waals surface area contributed by atoms with E-state index in [1.807, 2.05) is 0 Å². The zero-order valence-electron chi connectivity index (χ0n) is 36.6. The molecule has 0 fully saturated rings. The van der Waals surface area contributed by atoms with Gasteiger partial charge in [-0.1, -0.05) is 162 Å². The largest absolute Gasteiger partial charge is 0.480 e. The fraction of sp³-hybridized carbons (Fsp3) is 0.625. The molecule has 0 aliphatic rings. The first-order valence-electron chi connectivity index (χ1n) is 22.3. The Morgan fingerprint density at radius 1 is 0.542 bits per heavy atom. The van der Waals surface area contributed by atoms with Crippen molar-refractivity contribution >= 4 is 19.8 Å². The molecule has 0 aromatic heterocycles. The van der Waals surface area contributed by atoms with Gasteiger partial charge in [0.05, 0.1) is 19.8 Å². The molecule has 0 radical (unpaired) electrons. The number of carboxylic acids is 1. The molecule has 11 heteroatoms. The molecule has 0 bridgehead atoms. The van der Waals surface area contributed by atoms with Crippen LogP contribution in [0.2, 0.25) is 0 Å². The van der Waals surface area contributed by atoms with Crippen molar-refractivity contribution in [3.63, 3.8) is 0 Å². The van der Waals surface area contributed by atoms with Crippen LogP contribution in [-0.2, 0) is 32.7 Å². The first-order chi connectivity index (χ1) is 28.7. The normalized spacial score (nSPS) is 14.8. The summed E-state index contributed by atoms with van der Waals surface area (Å²) >= 11 is 0. The summed E-state index contributed by atoms with van der Waals surface area (Å²) in [6, 6.07) is -1.49. The first-order valence-corrected chi connectivity index (χ1v) is 23.8. The molecular weight excluding hydrogens is 766 g/mol. The zero-order chi connectivity index (χ0) is 43.3. The van der Waals surface area contributed by atoms with Gasteiger partial charge in [-0.25, -0.2) is 4.57 Å². The van der Waals surface area contributed by atoms with E-state index in [-0.39, 0.29) is 13.0 Å². The van der Waals surface area contributed by atoms with Gasteiger partial charge in [-0.3, -0.25) is 18.6 Å². The van der Waals surface area contributed by atoms with E-state index in [1.54, 1.807) is 0 Å². The molecule has 0 aliphatic heterocycles. The van der Waals surface area contributed by atoms with E-state index in [0.717, 1.165) is 89.9 Å². The van der Waals surface area contributed by atoms with Crippen LogP contribution in [0.1, 0.15) is 155 Å². The van der Waals surface area contributed by atoms with Crippen LogP contribution in [-0.4, -0.2) is 60.5 Å². The number of phosphoric acid groups is 1. The monoisotopic (exact) mass is 846 g/mol. The third kappa shape index (κ3) is 42.8. The number of phosphoric ester groups is 1. The number of esters is 1. The van der Waals surface area contributed by atoms with E-state index in [2.05, 4.69) is 111 Å². The Hall–Kier alpha value is -3.11. The lowest BCUT2D eigenvalue weighted by molar-refractivity contribution is -0.154. The third-order valence-corrected chi connectivity index (χ3v) is 9.81. The standard InChI is InChI=1S/C48H80NO9P/c1-3-5-7-9-11-13-15-17-19-20-21-22-23-24-25-26-27-28-30-32-34-36-38-40-47(50)58-45(43-56-59(53,54)57-44-46(49)48(51)52)42-55-41-39-37-35-33-31-29-18-16-14-12-10-8-6-4-2/h5-8,11-14,17-19,21-22,29,33,35,45-46H,3-4,9-10,15-16,20,23-28,30-32,34,36-44,49H2,1-2H3,(H,51,52)(H,53,54)/b7-5-,8-6-,13-11-,14-12-,19-17-,22-21-,29-18-,35-33-. The number of rotatable bonds is 41. The summed E-state index contributed by atoms with van der Waals surface area (Å²) < 4.78 is 33.3. The molecule has 0 saturated heterocycles. The van der Waals surface area contributed by atoms with Crippen LogP contribution in [0.15, 0.2) is 97.2 Å². The number of allylic oxidation sites excluding steroid dienone is 16. The molecule has 0 rings (SSSR count). The van der Waals surface area contributed by atoms with Gasteiger partial charge < -0.3 is 25.2 Å². The molecule has 0 aromatic rings. The molecule has 4 N–H and O–H groups in total. The van der Waals surface area contributed by atoms with Crippen molar-refractivity contribution in [1.29, 1.82) is 0 Å². The maximum absolute atomic E-state index is 12.6. The Morgan fingerprint density at radius 2 is 0.932 bits per heavy atom. The van der Waals surface area contributed by atoms with Gasteiger partial charge in [-0.05, 0) is 83.5 Å². The van der Waals surface area contributed by atoms with Gasteiger partial charge in [-0.2, -0.15) is 0 Å². The average molecular weight is 846 g/mol. The molecule has 3 atom stereocenters. The molecule has 0 amide bonds. The molecule has 0 aliphatic carbocycles. The highest BCUT2D eigenvalue weighted by Gasteiger charge is 2.27. The number of hydrogen-bond donors (Lipinski definition) is 3. The van der Waals surface area contributed by atoms with Gasteiger partial charge in [0, 0.05) is 13.0 Å². The van der Waals surface area contributed by atoms with Gasteiger partial charge >= 0.3 is 19.8 Å². The Balaban J connectivity index is 4.27. The van der Waals surface area contributed by atoms with Gasteiger partial charge in [0.1, 0.15) is 12.1 Å². The zero-order valence-corrected chi connectivity index (χ0v) is 37.4. The average Bonchev–Trinajstić information content (AvgIpc) is 3.21. The highest BCUT2D eigenvalue weighted by atomic mass is 31.2. The van der Waals surface area contributed by atoms with Gasteiger partial charge in [-0.15, -0.1) is 0 Å². The number of carbonyl (C=O) groups excluding carboxylic acids is 1. The minimum absolute atomic E-state index is 0.0288. The van der Waals surface area contributed by atoms with Crippen molar-refractivity contribution in [2.24, 2.45) is 5.73 Å². The first kappa shape index (κ1) is 55.9. The van der Waals surface area contributed by atoms with E-state index in [0.29, 0.717) is 13.0 Å². The van der Waals surface area contributed by atoms with Crippen LogP contribution in [0.5, 0.6) is 0 Å². The fourth-order valence-corrected chi connectivity index (χ4v) is 6.26. The minimum atomic E-state index is -4.64. The lowest BCUT2D eigenvalue weighted by Crippen LogP contribution is -2.34. The number of aliphatic carboxylic acids is 1. The Labute approximate surface area is 358 Å². The van der Waals surface area contributed by atoms with Crippen molar-refractivity contribution in [3.8, 4) is 0 Å². The molecule has 0 heterocycles. The van der Waals surface area contributed by atoms with Crippen molar-refractivity contribution in [2.75, 3.05) is 26.4 Å². The van der Waals surface area contributed by atoms with Crippen molar-refractivity contribution in [2.45, 2.75) is 167 Å². The fourth-order valence-electron chi connectivity index (χ4n) is 5.48. The molecule has 0 spiro atoms. The summed E-state index contributed by atoms with van der Waals surface area (Å²) in [5.41, 5.74) is 5.35. The van der Waals surface area contributed by atoms with Crippen LogP contribution in [0, 0.1) is 0 Å². The van der Waals surface area contributed by atoms with Crippen LogP contribution in [0.3, 0.4) is 0 Å². The van der Waals surface area contributed by atoms with E-state index >= 15 is 0 Å². The van der Waals surface area contributed by atoms with E-state index in [9.17, 15) is 19.0 Å². The number of hydrogen-bond acceptors (Lipinski definition) is 8. The summed E-state index contributed by atoms with van der Waals surface area (Å²) in [6.07, 6.45) is 56.2. The van der Waals surface area contributed by atoms with Gasteiger partial charge in [0.25, 0.3) is 0 Å². The second-order valence-electron chi connectivity index (χ2n) is 14.4. The summed E-state index contributed by atoms with van der Waals surface area (Å²) in [7, 11) is -4.64. The molecule has 10 nitrogen and oxygen atoms in total. The molecule has 0 aromatic carbocycles. The maximum Gasteiger partial charge on any atom is 0.472 e. The van der Waals surface area contributed by atoms with Gasteiger partial charge in [0.2, 0.25) is 0 Å². The topological polar surface area (TPSA) is 155 Å². The molecule has 3 unspecified atom stereocenters. The van der Waals surface area contributed by atoms with E-state index in [1.165, 1.54) is 38.5 Å². The van der Waals surface area contributed by atoms with Crippen molar-refractivity contribution in [1.82, 2.24) is 0 Å². The van der Waals surface area contributed by atoms with Crippen molar-refractivity contribution < 1.29 is 42.7 Å². The van der Waals surface area contributed by atoms with Crippen LogP contribution >= 0.6 is 7.82 Å². The highest BCUT2D eigenvalue weighted by molar-refractivity contribution is 7.47. The number of carboxylic acid groups (broad SMARTS) is 1. The second kappa shape index (κ2) is 43.0. The number of nitrogens with two attached hydrogens (primary N) is 1. The van der Waals surface area contributed by atoms with Crippen LogP contribution in [0.25, 0.3) is 0 Å². The van der Waals surface area contributed by atoms with E-state index < -0.39 is 45.1 Å². The Kier molecular flexibility index (Phi) is 40.7. The quantitative estimate of drug-likeness (QED) is 0.0234. The maximum atomic E-state index is 12.6. The number of unbranched alkanes of at least 4 members (excludes halogenated alkanes) is 11. The molecule has 336 valence electrons. The molecular formula is C48H80NO9P. The summed E-state index contributed by atoms with van der Waals surface area (Å²) in [5.74, 6) is -1.82. The lowest BCUT2D eigenvalue weighted by atomic mass is 10.0. The lowest BCUT2D eigenvalue weighted by Gasteiger charge is -2.20. The highest BCUT2D eigenvalue weighted by Crippen LogP contribution is 2.43. The van der Waals surface area contributed by atoms with E-state index in [4.69, 9.17) is 29.4 Å². The third-order valence-electron chi connectivity index (χ3n) is 8.86. The Bertz CT molecular complexity index is 1300. The minimum Gasteiger partial charge on any atom is -0.480 e. The van der Waals surface area contributed by atoms with Gasteiger partial charge in [0.15, 0.2) is 0 Å². The molecule has 59 heavy (non-hydrogen) atoms. The smallest absolute Gasteiger partial charge is 0.472 e. The van der Waals surface area contributed by atoms with Crippen LogP contribution in [0.4, 0.5) is 0 Å². The predicted molar refractivity (Wildman–Crippen MR) is 244 cm³/mol. The Morgan fingerprint density at radius 3 is 1.39 bits per heavy atom. The summed E-state index contributed by atoms with van der Waals surface area (Å²) in [4.78, 5) is 33.6.